The first-order valence-electron chi connectivity index (χ1n) is 6.34. The SMILES string of the molecule is N#CC(C#N)=CC1=C(N2CCCC2)CCCC1. The zero-order chi connectivity index (χ0) is 12.1. The Kier molecular flexibility index (Phi) is 3.83. The van der Waals surface area contributed by atoms with Crippen LogP contribution in [0.2, 0.25) is 0 Å². The second-order valence-corrected chi connectivity index (χ2v) is 4.65. The predicted octanol–water partition coefficient (Wildman–Crippen LogP) is 2.88. The van der Waals surface area contributed by atoms with Crippen LogP contribution in [0.1, 0.15) is 38.5 Å². The Balaban J connectivity index is 2.28. The van der Waals surface area contributed by atoms with Gasteiger partial charge < -0.3 is 4.90 Å². The van der Waals surface area contributed by atoms with Crippen molar-refractivity contribution in [3.05, 3.63) is 22.9 Å². The molecule has 2 rings (SSSR count). The Bertz CT molecular complexity index is 409. The summed E-state index contributed by atoms with van der Waals surface area (Å²) in [5, 5.41) is 17.7. The molecule has 0 aromatic heterocycles. The Morgan fingerprint density at radius 1 is 1.00 bits per heavy atom. The van der Waals surface area contributed by atoms with Gasteiger partial charge in [0.25, 0.3) is 0 Å². The molecule has 17 heavy (non-hydrogen) atoms. The maximum absolute atomic E-state index is 8.83. The van der Waals surface area contributed by atoms with E-state index in [-0.39, 0.29) is 5.57 Å². The fourth-order valence-electron chi connectivity index (χ4n) is 2.68. The third-order valence-electron chi connectivity index (χ3n) is 3.53. The number of nitrogens with zero attached hydrogens (tertiary/aromatic N) is 3. The standard InChI is InChI=1S/C14H17N3/c15-10-12(11-16)9-13-5-1-2-6-14(13)17-7-3-4-8-17/h9H,1-8H2. The molecule has 0 aromatic rings. The molecule has 0 amide bonds. The minimum absolute atomic E-state index is 0.235. The van der Waals surface area contributed by atoms with E-state index < -0.39 is 0 Å². The molecule has 1 aliphatic heterocycles. The first-order chi connectivity index (χ1) is 8.35. The number of nitriles is 2. The molecule has 1 saturated heterocycles. The number of rotatable bonds is 2. The number of allylic oxidation sites excluding steroid dienone is 4. The van der Waals surface area contributed by atoms with Gasteiger partial charge in [0, 0.05) is 18.8 Å². The van der Waals surface area contributed by atoms with Crippen LogP contribution in [0.5, 0.6) is 0 Å². The lowest BCUT2D eigenvalue weighted by molar-refractivity contribution is 0.387. The van der Waals surface area contributed by atoms with E-state index in [1.807, 2.05) is 12.1 Å². The lowest BCUT2D eigenvalue weighted by atomic mass is 9.94. The lowest BCUT2D eigenvalue weighted by Gasteiger charge is -2.27. The Morgan fingerprint density at radius 3 is 2.29 bits per heavy atom. The smallest absolute Gasteiger partial charge is 0.130 e. The van der Waals surface area contributed by atoms with E-state index in [4.69, 9.17) is 10.5 Å². The zero-order valence-corrected chi connectivity index (χ0v) is 10.1. The average molecular weight is 227 g/mol. The van der Waals surface area contributed by atoms with Crippen molar-refractivity contribution in [2.75, 3.05) is 13.1 Å². The summed E-state index contributed by atoms with van der Waals surface area (Å²) < 4.78 is 0. The van der Waals surface area contributed by atoms with Gasteiger partial charge in [0.2, 0.25) is 0 Å². The molecule has 2 aliphatic rings. The van der Waals surface area contributed by atoms with Crippen LogP contribution < -0.4 is 0 Å². The fraction of sp³-hybridized carbons (Fsp3) is 0.571. The van der Waals surface area contributed by atoms with Gasteiger partial charge in [-0.15, -0.1) is 0 Å². The van der Waals surface area contributed by atoms with Gasteiger partial charge in [-0.1, -0.05) is 0 Å². The van der Waals surface area contributed by atoms with E-state index in [1.54, 1.807) is 6.08 Å². The van der Waals surface area contributed by atoms with Crippen LogP contribution >= 0.6 is 0 Å². The van der Waals surface area contributed by atoms with Gasteiger partial charge >= 0.3 is 0 Å². The van der Waals surface area contributed by atoms with Crippen molar-refractivity contribution in [3.63, 3.8) is 0 Å². The van der Waals surface area contributed by atoms with Gasteiger partial charge in [-0.05, 0) is 50.2 Å². The van der Waals surface area contributed by atoms with Crippen LogP contribution in [-0.2, 0) is 0 Å². The summed E-state index contributed by atoms with van der Waals surface area (Å²) in [6.45, 7) is 2.28. The van der Waals surface area contributed by atoms with Crippen molar-refractivity contribution in [3.8, 4) is 12.1 Å². The maximum Gasteiger partial charge on any atom is 0.130 e. The molecule has 1 aliphatic carbocycles. The van der Waals surface area contributed by atoms with E-state index in [0.717, 1.165) is 25.9 Å². The summed E-state index contributed by atoms with van der Waals surface area (Å²) in [4.78, 5) is 2.44. The summed E-state index contributed by atoms with van der Waals surface area (Å²) >= 11 is 0. The Morgan fingerprint density at radius 2 is 1.65 bits per heavy atom. The molecule has 3 heteroatoms. The van der Waals surface area contributed by atoms with E-state index in [9.17, 15) is 0 Å². The number of likely N-dealkylation sites (tertiary alicyclic amines) is 1. The first kappa shape index (κ1) is 11.7. The molecule has 1 fully saturated rings. The lowest BCUT2D eigenvalue weighted by Crippen LogP contribution is -2.21. The summed E-state index contributed by atoms with van der Waals surface area (Å²) in [5.74, 6) is 0. The van der Waals surface area contributed by atoms with Crippen LogP contribution in [0.3, 0.4) is 0 Å². The largest absolute Gasteiger partial charge is 0.375 e. The van der Waals surface area contributed by atoms with Crippen molar-refractivity contribution in [1.29, 1.82) is 10.5 Å². The molecule has 0 spiro atoms. The summed E-state index contributed by atoms with van der Waals surface area (Å²) in [7, 11) is 0. The molecule has 0 aromatic carbocycles. The summed E-state index contributed by atoms with van der Waals surface area (Å²) in [6.07, 6.45) is 8.86. The second kappa shape index (κ2) is 5.55. The highest BCUT2D eigenvalue weighted by Crippen LogP contribution is 2.30. The molecule has 0 radical (unpaired) electrons. The van der Waals surface area contributed by atoms with Crippen LogP contribution in [0, 0.1) is 22.7 Å². The quantitative estimate of drug-likeness (QED) is 0.681. The van der Waals surface area contributed by atoms with Gasteiger partial charge in [0.15, 0.2) is 0 Å². The Hall–Kier alpha value is -1.74. The molecule has 0 unspecified atom stereocenters. The van der Waals surface area contributed by atoms with Crippen LogP contribution in [0.25, 0.3) is 0 Å². The van der Waals surface area contributed by atoms with Gasteiger partial charge in [0.1, 0.15) is 17.7 Å². The highest BCUT2D eigenvalue weighted by atomic mass is 15.1. The zero-order valence-electron chi connectivity index (χ0n) is 10.1. The molecule has 0 saturated carbocycles. The van der Waals surface area contributed by atoms with Crippen LogP contribution in [0.15, 0.2) is 22.9 Å². The molecule has 88 valence electrons. The Labute approximate surface area is 103 Å². The summed E-state index contributed by atoms with van der Waals surface area (Å²) in [5.41, 5.74) is 2.84. The molecular formula is C14H17N3. The summed E-state index contributed by atoms with van der Waals surface area (Å²) in [6, 6.07) is 3.91. The van der Waals surface area contributed by atoms with Gasteiger partial charge in [-0.3, -0.25) is 0 Å². The third-order valence-corrected chi connectivity index (χ3v) is 3.53. The van der Waals surface area contributed by atoms with E-state index in [0.29, 0.717) is 0 Å². The molecule has 1 heterocycles. The van der Waals surface area contributed by atoms with E-state index >= 15 is 0 Å². The van der Waals surface area contributed by atoms with Gasteiger partial charge in [-0.25, -0.2) is 0 Å². The molecule has 0 N–H and O–H groups in total. The maximum atomic E-state index is 8.83. The van der Waals surface area contributed by atoms with Crippen LogP contribution in [0.4, 0.5) is 0 Å². The predicted molar refractivity (Wildman–Crippen MR) is 65.6 cm³/mol. The van der Waals surface area contributed by atoms with Crippen molar-refractivity contribution < 1.29 is 0 Å². The molecule has 3 nitrogen and oxygen atoms in total. The average Bonchev–Trinajstić information content (AvgIpc) is 2.90. The topological polar surface area (TPSA) is 50.8 Å². The minimum atomic E-state index is 0.235. The van der Waals surface area contributed by atoms with Crippen molar-refractivity contribution in [1.82, 2.24) is 4.90 Å². The highest BCUT2D eigenvalue weighted by molar-refractivity contribution is 5.43. The van der Waals surface area contributed by atoms with E-state index in [2.05, 4.69) is 4.90 Å². The minimum Gasteiger partial charge on any atom is -0.375 e. The number of hydrogen-bond donors (Lipinski definition) is 0. The third kappa shape index (κ3) is 2.68. The van der Waals surface area contributed by atoms with Crippen molar-refractivity contribution in [2.24, 2.45) is 0 Å². The highest BCUT2D eigenvalue weighted by Gasteiger charge is 2.20. The fourth-order valence-corrected chi connectivity index (χ4v) is 2.68. The first-order valence-corrected chi connectivity index (χ1v) is 6.34. The van der Waals surface area contributed by atoms with Crippen molar-refractivity contribution in [2.45, 2.75) is 38.5 Å². The monoisotopic (exact) mass is 227 g/mol. The molecule has 0 atom stereocenters. The van der Waals surface area contributed by atoms with Crippen molar-refractivity contribution >= 4 is 0 Å². The van der Waals surface area contributed by atoms with E-state index in [1.165, 1.54) is 37.0 Å². The number of hydrogen-bond acceptors (Lipinski definition) is 3. The van der Waals surface area contributed by atoms with Gasteiger partial charge in [-0.2, -0.15) is 10.5 Å². The normalized spacial score (nSPS) is 19.8. The molecule has 0 bridgehead atoms. The van der Waals surface area contributed by atoms with Gasteiger partial charge in [0.05, 0.1) is 0 Å². The van der Waals surface area contributed by atoms with Crippen LogP contribution in [-0.4, -0.2) is 18.0 Å². The molecular weight excluding hydrogens is 210 g/mol. The second-order valence-electron chi connectivity index (χ2n) is 4.65.